The summed E-state index contributed by atoms with van der Waals surface area (Å²) in [6.45, 7) is 2.96. The molecule has 3 rings (SSSR count). The molecule has 2 amide bonds. The van der Waals surface area contributed by atoms with E-state index in [9.17, 15) is 18.0 Å². The Hall–Kier alpha value is -3.47. The van der Waals surface area contributed by atoms with E-state index in [4.69, 9.17) is 14.2 Å². The molecule has 10 nitrogen and oxygen atoms in total. The Kier molecular flexibility index (Phi) is 7.19. The van der Waals surface area contributed by atoms with E-state index in [1.807, 2.05) is 0 Å². The first kappa shape index (κ1) is 22.2. The molecule has 0 unspecified atom stereocenters. The van der Waals surface area contributed by atoms with Gasteiger partial charge in [-0.1, -0.05) is 12.1 Å². The molecule has 3 N–H and O–H groups in total. The zero-order valence-corrected chi connectivity index (χ0v) is 17.7. The Morgan fingerprint density at radius 2 is 1.71 bits per heavy atom. The molecule has 31 heavy (non-hydrogen) atoms. The summed E-state index contributed by atoms with van der Waals surface area (Å²) in [6, 6.07) is 10.5. The molecule has 1 heterocycles. The third kappa shape index (κ3) is 5.79. The van der Waals surface area contributed by atoms with Crippen LogP contribution in [0, 0.1) is 0 Å². The predicted molar refractivity (Wildman–Crippen MR) is 112 cm³/mol. The van der Waals surface area contributed by atoms with Gasteiger partial charge in [-0.15, -0.1) is 0 Å². The van der Waals surface area contributed by atoms with Crippen LogP contribution in [0.2, 0.25) is 0 Å². The second kappa shape index (κ2) is 10.0. The van der Waals surface area contributed by atoms with Gasteiger partial charge in [-0.05, 0) is 31.2 Å². The van der Waals surface area contributed by atoms with Gasteiger partial charge in [-0.25, -0.2) is 13.2 Å². The van der Waals surface area contributed by atoms with Crippen LogP contribution in [0.5, 0.6) is 11.5 Å². The zero-order valence-electron chi connectivity index (χ0n) is 16.8. The smallest absolute Gasteiger partial charge is 0.407 e. The highest BCUT2D eigenvalue weighted by atomic mass is 32.2. The van der Waals surface area contributed by atoms with E-state index < -0.39 is 22.0 Å². The minimum Gasteiger partial charge on any atom is -0.486 e. The highest BCUT2D eigenvalue weighted by Crippen LogP contribution is 2.33. The lowest BCUT2D eigenvalue weighted by molar-refractivity contribution is 0.0953. The summed E-state index contributed by atoms with van der Waals surface area (Å²) in [4.78, 5) is 23.8. The van der Waals surface area contributed by atoms with Crippen molar-refractivity contribution in [3.63, 3.8) is 0 Å². The number of rotatable bonds is 8. The lowest BCUT2D eigenvalue weighted by Gasteiger charge is -2.19. The van der Waals surface area contributed by atoms with Crippen LogP contribution in [0.25, 0.3) is 0 Å². The van der Waals surface area contributed by atoms with Crippen molar-refractivity contribution in [2.75, 3.05) is 37.6 Å². The molecule has 0 saturated heterocycles. The summed E-state index contributed by atoms with van der Waals surface area (Å²) in [5.74, 6) is 0.321. The van der Waals surface area contributed by atoms with Crippen LogP contribution in [0.4, 0.5) is 10.5 Å². The molecule has 2 aromatic rings. The first-order chi connectivity index (χ1) is 14.9. The summed E-state index contributed by atoms with van der Waals surface area (Å²) in [7, 11) is -3.98. The standard InChI is InChI=1S/C20H23N3O7S/c1-2-28-20(25)22-10-9-21-19(24)15-5-3-4-6-16(15)23-31(26,27)14-7-8-17-18(13-14)30-12-11-29-17/h3-8,13,23H,2,9-12H2,1H3,(H,21,24)(H,22,25). The number of carbonyl (C=O) groups excluding carboxylic acids is 2. The highest BCUT2D eigenvalue weighted by Gasteiger charge is 2.21. The molecule has 0 bridgehead atoms. The van der Waals surface area contributed by atoms with E-state index in [-0.39, 0.29) is 35.8 Å². The van der Waals surface area contributed by atoms with Crippen LogP contribution in [0.15, 0.2) is 47.4 Å². The number of hydrogen-bond donors (Lipinski definition) is 3. The average molecular weight is 449 g/mol. The molecule has 0 spiro atoms. The van der Waals surface area contributed by atoms with Gasteiger partial charge in [-0.2, -0.15) is 0 Å². The van der Waals surface area contributed by atoms with Gasteiger partial charge in [0.25, 0.3) is 15.9 Å². The Labute approximate surface area is 179 Å². The Balaban J connectivity index is 1.68. The third-order valence-electron chi connectivity index (χ3n) is 4.20. The summed E-state index contributed by atoms with van der Waals surface area (Å²) in [5, 5.41) is 5.10. The van der Waals surface area contributed by atoms with Crippen molar-refractivity contribution in [1.29, 1.82) is 0 Å². The first-order valence-electron chi connectivity index (χ1n) is 9.61. The summed E-state index contributed by atoms with van der Waals surface area (Å²) in [5.41, 5.74) is 0.257. The molecule has 0 radical (unpaired) electrons. The summed E-state index contributed by atoms with van der Waals surface area (Å²) >= 11 is 0. The number of nitrogens with one attached hydrogen (secondary N) is 3. The fourth-order valence-electron chi connectivity index (χ4n) is 2.78. The van der Waals surface area contributed by atoms with Crippen molar-refractivity contribution in [3.05, 3.63) is 48.0 Å². The van der Waals surface area contributed by atoms with Crippen LogP contribution < -0.4 is 24.8 Å². The molecular formula is C20H23N3O7S. The van der Waals surface area contributed by atoms with Gasteiger partial charge in [0.1, 0.15) is 13.2 Å². The van der Waals surface area contributed by atoms with E-state index in [0.717, 1.165) is 0 Å². The maximum absolute atomic E-state index is 12.9. The first-order valence-corrected chi connectivity index (χ1v) is 11.1. The molecule has 2 aromatic carbocycles. The van der Waals surface area contributed by atoms with Gasteiger partial charge in [0.05, 0.1) is 22.8 Å². The van der Waals surface area contributed by atoms with E-state index in [1.165, 1.54) is 30.3 Å². The fourth-order valence-corrected chi connectivity index (χ4v) is 3.88. The molecule has 0 atom stereocenters. The van der Waals surface area contributed by atoms with Crippen LogP contribution in [-0.4, -0.2) is 53.3 Å². The van der Waals surface area contributed by atoms with E-state index in [0.29, 0.717) is 24.7 Å². The van der Waals surface area contributed by atoms with Crippen molar-refractivity contribution in [2.45, 2.75) is 11.8 Å². The van der Waals surface area contributed by atoms with Gasteiger partial charge < -0.3 is 24.8 Å². The topological polar surface area (TPSA) is 132 Å². The van der Waals surface area contributed by atoms with E-state index in [2.05, 4.69) is 15.4 Å². The van der Waals surface area contributed by atoms with Crippen LogP contribution in [0.1, 0.15) is 17.3 Å². The third-order valence-corrected chi connectivity index (χ3v) is 5.56. The summed E-state index contributed by atoms with van der Waals surface area (Å²) < 4.78 is 43.7. The number of hydrogen-bond acceptors (Lipinski definition) is 7. The van der Waals surface area contributed by atoms with Gasteiger partial charge in [0.15, 0.2) is 11.5 Å². The number of alkyl carbamates (subject to hydrolysis) is 1. The van der Waals surface area contributed by atoms with Gasteiger partial charge in [0, 0.05) is 19.2 Å². The maximum Gasteiger partial charge on any atom is 0.407 e. The van der Waals surface area contributed by atoms with Crippen LogP contribution in [0.3, 0.4) is 0 Å². The Bertz CT molecular complexity index is 1060. The minimum atomic E-state index is -3.98. The second-order valence-electron chi connectivity index (χ2n) is 6.36. The number of sulfonamides is 1. The fraction of sp³-hybridized carbons (Fsp3) is 0.300. The maximum atomic E-state index is 12.9. The number of fused-ring (bicyclic) bond motifs is 1. The highest BCUT2D eigenvalue weighted by molar-refractivity contribution is 7.92. The molecule has 1 aliphatic rings. The molecule has 0 aliphatic carbocycles. The van der Waals surface area contributed by atoms with Gasteiger partial charge in [-0.3, -0.25) is 9.52 Å². The normalized spacial score (nSPS) is 12.5. The predicted octanol–water partition coefficient (Wildman–Crippen LogP) is 1.73. The van der Waals surface area contributed by atoms with E-state index >= 15 is 0 Å². The number of para-hydroxylation sites is 1. The lowest BCUT2D eigenvalue weighted by Crippen LogP contribution is -2.35. The Morgan fingerprint density at radius 3 is 2.48 bits per heavy atom. The molecule has 1 aliphatic heterocycles. The number of amides is 2. The number of carbonyl (C=O) groups is 2. The van der Waals surface area contributed by atoms with Crippen LogP contribution >= 0.6 is 0 Å². The van der Waals surface area contributed by atoms with Crippen molar-refractivity contribution in [2.24, 2.45) is 0 Å². The minimum absolute atomic E-state index is 0.0226. The van der Waals surface area contributed by atoms with Crippen LogP contribution in [-0.2, 0) is 14.8 Å². The van der Waals surface area contributed by atoms with Crippen molar-refractivity contribution in [3.8, 4) is 11.5 Å². The number of benzene rings is 2. The zero-order chi connectivity index (χ0) is 22.3. The molecule has 0 aromatic heterocycles. The summed E-state index contributed by atoms with van der Waals surface area (Å²) in [6.07, 6.45) is -0.579. The van der Waals surface area contributed by atoms with E-state index in [1.54, 1.807) is 19.1 Å². The van der Waals surface area contributed by atoms with Gasteiger partial charge >= 0.3 is 6.09 Å². The second-order valence-corrected chi connectivity index (χ2v) is 8.04. The average Bonchev–Trinajstić information content (AvgIpc) is 2.76. The molecule has 0 saturated carbocycles. The van der Waals surface area contributed by atoms with Crippen molar-refractivity contribution in [1.82, 2.24) is 10.6 Å². The van der Waals surface area contributed by atoms with Crippen molar-refractivity contribution < 1.29 is 32.2 Å². The molecule has 166 valence electrons. The molecule has 11 heteroatoms. The van der Waals surface area contributed by atoms with Gasteiger partial charge in [0.2, 0.25) is 0 Å². The molecule has 0 fully saturated rings. The quantitative estimate of drug-likeness (QED) is 0.523. The molecular weight excluding hydrogens is 426 g/mol. The Morgan fingerprint density at radius 1 is 1.00 bits per heavy atom. The number of ether oxygens (including phenoxy) is 3. The van der Waals surface area contributed by atoms with Crippen molar-refractivity contribution >= 4 is 27.7 Å². The monoisotopic (exact) mass is 449 g/mol. The lowest BCUT2D eigenvalue weighted by atomic mass is 10.1. The SMILES string of the molecule is CCOC(=O)NCCNC(=O)c1ccccc1NS(=O)(=O)c1ccc2c(c1)OCCO2. The number of anilines is 1. The largest absolute Gasteiger partial charge is 0.486 e.